The van der Waals surface area contributed by atoms with Crippen LogP contribution in [0.2, 0.25) is 5.02 Å². The minimum Gasteiger partial charge on any atom is -0.379 e. The van der Waals surface area contributed by atoms with Gasteiger partial charge in [0, 0.05) is 43.5 Å². The van der Waals surface area contributed by atoms with E-state index in [0.717, 1.165) is 43.9 Å². The highest BCUT2D eigenvalue weighted by Crippen LogP contribution is 2.38. The molecule has 0 spiro atoms. The SMILES string of the molecule is C=Nc1c(Cl)ccc(N2C[C@@H](C)C[C@@H](NC(=O)CN3CCOCC3)C2)c1/C=C\C. The summed E-state index contributed by atoms with van der Waals surface area (Å²) in [7, 11) is 0. The highest BCUT2D eigenvalue weighted by molar-refractivity contribution is 6.33. The maximum Gasteiger partial charge on any atom is 0.234 e. The molecule has 2 saturated heterocycles. The molecule has 29 heavy (non-hydrogen) atoms. The van der Waals surface area contributed by atoms with Crippen molar-refractivity contribution in [3.63, 3.8) is 0 Å². The summed E-state index contributed by atoms with van der Waals surface area (Å²) in [5, 5.41) is 3.84. The van der Waals surface area contributed by atoms with Gasteiger partial charge < -0.3 is 15.0 Å². The summed E-state index contributed by atoms with van der Waals surface area (Å²) in [6.45, 7) is 13.1. The first kappa shape index (κ1) is 21.8. The summed E-state index contributed by atoms with van der Waals surface area (Å²) >= 11 is 6.34. The third kappa shape index (κ3) is 5.59. The fourth-order valence-electron chi connectivity index (χ4n) is 4.23. The zero-order valence-corrected chi connectivity index (χ0v) is 18.1. The number of nitrogens with zero attached hydrogens (tertiary/aromatic N) is 3. The molecule has 6 nitrogen and oxygen atoms in total. The molecule has 3 rings (SSSR count). The summed E-state index contributed by atoms with van der Waals surface area (Å²) in [6.07, 6.45) is 4.99. The molecule has 1 amide bonds. The Morgan fingerprint density at radius 2 is 2.14 bits per heavy atom. The number of morpholine rings is 1. The Kier molecular flexibility index (Phi) is 7.70. The van der Waals surface area contributed by atoms with E-state index in [1.165, 1.54) is 0 Å². The number of carbonyl (C=O) groups is 1. The molecule has 2 heterocycles. The number of rotatable bonds is 6. The average Bonchev–Trinajstić information content (AvgIpc) is 2.68. The molecule has 0 saturated carbocycles. The van der Waals surface area contributed by atoms with Gasteiger partial charge in [-0.25, -0.2) is 0 Å². The van der Waals surface area contributed by atoms with Crippen molar-refractivity contribution < 1.29 is 9.53 Å². The van der Waals surface area contributed by atoms with E-state index in [1.807, 2.05) is 31.2 Å². The number of nitrogens with one attached hydrogen (secondary N) is 1. The van der Waals surface area contributed by atoms with Crippen LogP contribution in [0.15, 0.2) is 23.2 Å². The van der Waals surface area contributed by atoms with Gasteiger partial charge in [0.2, 0.25) is 5.91 Å². The summed E-state index contributed by atoms with van der Waals surface area (Å²) < 4.78 is 5.36. The van der Waals surface area contributed by atoms with Gasteiger partial charge in [-0.2, -0.15) is 0 Å². The predicted octanol–water partition coefficient (Wildman–Crippen LogP) is 3.37. The number of piperidine rings is 1. The fourth-order valence-corrected chi connectivity index (χ4v) is 4.45. The van der Waals surface area contributed by atoms with Crippen molar-refractivity contribution in [1.82, 2.24) is 10.2 Å². The van der Waals surface area contributed by atoms with Gasteiger partial charge in [-0.15, -0.1) is 0 Å². The Morgan fingerprint density at radius 3 is 2.83 bits per heavy atom. The van der Waals surface area contributed by atoms with Gasteiger partial charge in [0.05, 0.1) is 30.5 Å². The van der Waals surface area contributed by atoms with E-state index in [-0.39, 0.29) is 11.9 Å². The smallest absolute Gasteiger partial charge is 0.234 e. The molecule has 1 aromatic rings. The molecule has 0 unspecified atom stereocenters. The van der Waals surface area contributed by atoms with Gasteiger partial charge in [0.25, 0.3) is 0 Å². The summed E-state index contributed by atoms with van der Waals surface area (Å²) in [4.78, 5) is 21.2. The number of carbonyl (C=O) groups excluding carboxylic acids is 1. The lowest BCUT2D eigenvalue weighted by atomic mass is 9.94. The molecule has 2 atom stereocenters. The Balaban J connectivity index is 1.72. The van der Waals surface area contributed by atoms with E-state index >= 15 is 0 Å². The molecule has 0 bridgehead atoms. The highest BCUT2D eigenvalue weighted by atomic mass is 35.5. The quantitative estimate of drug-likeness (QED) is 0.719. The maximum atomic E-state index is 12.6. The van der Waals surface area contributed by atoms with Gasteiger partial charge in [-0.1, -0.05) is 30.7 Å². The third-order valence-electron chi connectivity index (χ3n) is 5.47. The van der Waals surface area contributed by atoms with Crippen LogP contribution in [-0.2, 0) is 9.53 Å². The molecule has 2 aliphatic rings. The maximum absolute atomic E-state index is 12.6. The Morgan fingerprint density at radius 1 is 1.38 bits per heavy atom. The molecule has 158 valence electrons. The number of hydrogen-bond donors (Lipinski definition) is 1. The topological polar surface area (TPSA) is 57.2 Å². The lowest BCUT2D eigenvalue weighted by Gasteiger charge is -2.39. The van der Waals surface area contributed by atoms with Gasteiger partial charge >= 0.3 is 0 Å². The van der Waals surface area contributed by atoms with Crippen molar-refractivity contribution in [1.29, 1.82) is 0 Å². The van der Waals surface area contributed by atoms with Crippen LogP contribution < -0.4 is 10.2 Å². The zero-order chi connectivity index (χ0) is 20.8. The van der Waals surface area contributed by atoms with Gasteiger partial charge in [-0.05, 0) is 38.1 Å². The molecular formula is C22H31ClN4O2. The number of halogens is 1. The van der Waals surface area contributed by atoms with Gasteiger partial charge in [0.1, 0.15) is 0 Å². The van der Waals surface area contributed by atoms with Crippen LogP contribution in [0, 0.1) is 5.92 Å². The normalized spacial score (nSPS) is 23.3. The number of hydrogen-bond acceptors (Lipinski definition) is 5. The lowest BCUT2D eigenvalue weighted by Crippen LogP contribution is -2.53. The van der Waals surface area contributed by atoms with E-state index in [4.69, 9.17) is 16.3 Å². The first-order valence-electron chi connectivity index (χ1n) is 10.3. The van der Waals surface area contributed by atoms with E-state index in [1.54, 1.807) is 0 Å². The average molecular weight is 419 g/mol. The van der Waals surface area contributed by atoms with Crippen LogP contribution in [0.4, 0.5) is 11.4 Å². The fraction of sp³-hybridized carbons (Fsp3) is 0.545. The van der Waals surface area contributed by atoms with Crippen LogP contribution in [-0.4, -0.2) is 69.5 Å². The van der Waals surface area contributed by atoms with Crippen molar-refractivity contribution in [2.45, 2.75) is 26.3 Å². The molecule has 1 N–H and O–H groups in total. The third-order valence-corrected chi connectivity index (χ3v) is 5.78. The van der Waals surface area contributed by atoms with Crippen LogP contribution in [0.5, 0.6) is 0 Å². The number of benzene rings is 1. The summed E-state index contributed by atoms with van der Waals surface area (Å²) in [5.74, 6) is 0.552. The van der Waals surface area contributed by atoms with E-state index in [9.17, 15) is 4.79 Å². The Hall–Kier alpha value is -1.89. The lowest BCUT2D eigenvalue weighted by molar-refractivity contribution is -0.124. The first-order chi connectivity index (χ1) is 14.0. The zero-order valence-electron chi connectivity index (χ0n) is 17.4. The van der Waals surface area contributed by atoms with Crippen molar-refractivity contribution in [3.05, 3.63) is 28.8 Å². The van der Waals surface area contributed by atoms with E-state index in [2.05, 4.69) is 33.8 Å². The summed E-state index contributed by atoms with van der Waals surface area (Å²) in [6, 6.07) is 4.03. The second-order valence-electron chi connectivity index (χ2n) is 7.89. The van der Waals surface area contributed by atoms with Crippen molar-refractivity contribution in [2.75, 3.05) is 50.8 Å². The second-order valence-corrected chi connectivity index (χ2v) is 8.29. The molecule has 0 aromatic heterocycles. The van der Waals surface area contributed by atoms with Crippen LogP contribution in [0.1, 0.15) is 25.8 Å². The molecule has 1 aromatic carbocycles. The predicted molar refractivity (Wildman–Crippen MR) is 121 cm³/mol. The van der Waals surface area contributed by atoms with Gasteiger partial charge in [0.15, 0.2) is 0 Å². The largest absolute Gasteiger partial charge is 0.379 e. The second kappa shape index (κ2) is 10.2. The van der Waals surface area contributed by atoms with Crippen LogP contribution in [0.3, 0.4) is 0 Å². The van der Waals surface area contributed by atoms with Gasteiger partial charge in [-0.3, -0.25) is 14.7 Å². The highest BCUT2D eigenvalue weighted by Gasteiger charge is 2.28. The molecule has 0 aliphatic carbocycles. The minimum absolute atomic E-state index is 0.0872. The van der Waals surface area contributed by atoms with Crippen molar-refractivity contribution in [2.24, 2.45) is 10.9 Å². The number of allylic oxidation sites excluding steroid dienone is 1. The molecule has 0 radical (unpaired) electrons. The van der Waals surface area contributed by atoms with E-state index in [0.29, 0.717) is 36.4 Å². The molecular weight excluding hydrogens is 388 g/mol. The molecule has 2 aliphatic heterocycles. The first-order valence-corrected chi connectivity index (χ1v) is 10.7. The summed E-state index contributed by atoms with van der Waals surface area (Å²) in [5.41, 5.74) is 2.75. The van der Waals surface area contributed by atoms with Crippen LogP contribution in [0.25, 0.3) is 6.08 Å². The Labute approximate surface area is 178 Å². The molecule has 2 fully saturated rings. The number of anilines is 1. The van der Waals surface area contributed by atoms with Crippen LogP contribution >= 0.6 is 11.6 Å². The van der Waals surface area contributed by atoms with E-state index < -0.39 is 0 Å². The van der Waals surface area contributed by atoms with Crippen molar-refractivity contribution in [3.8, 4) is 0 Å². The Bertz CT molecular complexity index is 761. The standard InChI is InChI=1S/C22H31ClN4O2/c1-4-5-18-20(7-6-19(23)22(18)24-3)27-13-16(2)12-17(14-27)25-21(28)15-26-8-10-29-11-9-26/h4-7,16-17H,3,8-15H2,1-2H3,(H,25,28)/b5-4-/t16-,17+/m0/s1. The minimum atomic E-state index is 0.0872. The van der Waals surface area contributed by atoms with Crippen molar-refractivity contribution >= 4 is 41.7 Å². The molecule has 7 heteroatoms. The number of ether oxygens (including phenoxy) is 1. The monoisotopic (exact) mass is 418 g/mol. The number of aliphatic imine (C=N–C) groups is 1. The number of amides is 1.